The Labute approximate surface area is 204 Å². The monoisotopic (exact) mass is 479 g/mol. The van der Waals surface area contributed by atoms with Crippen molar-refractivity contribution in [3.63, 3.8) is 0 Å². The molecule has 8 nitrogen and oxygen atoms in total. The lowest BCUT2D eigenvalue weighted by atomic mass is 10.1. The van der Waals surface area contributed by atoms with Gasteiger partial charge in [-0.1, -0.05) is 6.92 Å². The van der Waals surface area contributed by atoms with Crippen molar-refractivity contribution < 1.29 is 18.4 Å². The number of nitrogens with zero attached hydrogens (tertiary/aromatic N) is 5. The van der Waals surface area contributed by atoms with Gasteiger partial charge < -0.3 is 19.1 Å². The summed E-state index contributed by atoms with van der Waals surface area (Å²) in [6.07, 6.45) is 2.98. The molecule has 1 aromatic carbocycles. The van der Waals surface area contributed by atoms with E-state index in [1.807, 2.05) is 30.9 Å². The summed E-state index contributed by atoms with van der Waals surface area (Å²) >= 11 is 0. The maximum absolute atomic E-state index is 13.2. The van der Waals surface area contributed by atoms with Crippen LogP contribution in [0.3, 0.4) is 0 Å². The van der Waals surface area contributed by atoms with Gasteiger partial charge >= 0.3 is 0 Å². The van der Waals surface area contributed by atoms with E-state index >= 15 is 0 Å². The standard InChI is InChI=1S/C26H30FN5O3/c1-3-19(2)32(26(34)23-6-4-17-35-23)18-25(33)31-14-5-13-30(15-16-31)24-12-11-22(28-29-24)20-7-9-21(27)10-8-20/h4,6-12,17,19H,3,5,13-16,18H2,1-2H3/t19-/m0/s1. The van der Waals surface area contributed by atoms with E-state index in [1.54, 1.807) is 29.2 Å². The molecule has 0 bridgehead atoms. The van der Waals surface area contributed by atoms with Gasteiger partial charge in [-0.2, -0.15) is 0 Å². The van der Waals surface area contributed by atoms with Crippen LogP contribution in [0.1, 0.15) is 37.2 Å². The molecule has 4 rings (SSSR count). The van der Waals surface area contributed by atoms with Crippen LogP contribution in [0, 0.1) is 5.82 Å². The van der Waals surface area contributed by atoms with Gasteiger partial charge in [-0.25, -0.2) is 4.39 Å². The largest absolute Gasteiger partial charge is 0.459 e. The summed E-state index contributed by atoms with van der Waals surface area (Å²) < 4.78 is 18.4. The first kappa shape index (κ1) is 24.4. The molecule has 2 aromatic heterocycles. The highest BCUT2D eigenvalue weighted by Gasteiger charge is 2.28. The number of hydrogen-bond acceptors (Lipinski definition) is 6. The number of hydrogen-bond donors (Lipinski definition) is 0. The summed E-state index contributed by atoms with van der Waals surface area (Å²) in [5.41, 5.74) is 1.47. The maximum Gasteiger partial charge on any atom is 0.290 e. The molecule has 184 valence electrons. The van der Waals surface area contributed by atoms with Crippen molar-refractivity contribution in [3.05, 3.63) is 66.4 Å². The minimum absolute atomic E-state index is 0.0146. The molecule has 2 amide bonds. The van der Waals surface area contributed by atoms with Crippen LogP contribution in [-0.2, 0) is 4.79 Å². The Morgan fingerprint density at radius 3 is 2.51 bits per heavy atom. The zero-order valence-electron chi connectivity index (χ0n) is 20.1. The Morgan fingerprint density at radius 2 is 1.86 bits per heavy atom. The predicted octanol–water partition coefficient (Wildman–Crippen LogP) is 3.86. The third kappa shape index (κ3) is 5.85. The Kier molecular flexibility index (Phi) is 7.74. The first-order chi connectivity index (χ1) is 17.0. The van der Waals surface area contributed by atoms with Crippen molar-refractivity contribution in [3.8, 4) is 11.3 Å². The predicted molar refractivity (Wildman–Crippen MR) is 130 cm³/mol. The average Bonchev–Trinajstić information content (AvgIpc) is 3.31. The lowest BCUT2D eigenvalue weighted by Crippen LogP contribution is -2.47. The minimum atomic E-state index is -0.292. The maximum atomic E-state index is 13.2. The van der Waals surface area contributed by atoms with Crippen molar-refractivity contribution >= 4 is 17.6 Å². The fourth-order valence-corrected chi connectivity index (χ4v) is 4.10. The summed E-state index contributed by atoms with van der Waals surface area (Å²) in [5, 5.41) is 8.67. The summed E-state index contributed by atoms with van der Waals surface area (Å²) in [7, 11) is 0. The highest BCUT2D eigenvalue weighted by Crippen LogP contribution is 2.20. The number of carbonyl (C=O) groups excluding carboxylic acids is 2. The molecule has 1 aliphatic heterocycles. The van der Waals surface area contributed by atoms with Crippen LogP contribution in [0.5, 0.6) is 0 Å². The number of furan rings is 1. The highest BCUT2D eigenvalue weighted by atomic mass is 19.1. The fourth-order valence-electron chi connectivity index (χ4n) is 4.10. The number of anilines is 1. The highest BCUT2D eigenvalue weighted by molar-refractivity contribution is 5.94. The third-order valence-electron chi connectivity index (χ3n) is 6.38. The summed E-state index contributed by atoms with van der Waals surface area (Å²) in [5.74, 6) is 0.331. The van der Waals surface area contributed by atoms with Gasteiger partial charge in [-0.15, -0.1) is 10.2 Å². The van der Waals surface area contributed by atoms with Crippen LogP contribution in [0.25, 0.3) is 11.3 Å². The molecule has 0 aliphatic carbocycles. The van der Waals surface area contributed by atoms with Crippen molar-refractivity contribution in [1.29, 1.82) is 0 Å². The molecular formula is C26H30FN5O3. The van der Waals surface area contributed by atoms with Crippen LogP contribution in [0.4, 0.5) is 10.2 Å². The van der Waals surface area contributed by atoms with E-state index < -0.39 is 0 Å². The minimum Gasteiger partial charge on any atom is -0.459 e. The second-order valence-corrected chi connectivity index (χ2v) is 8.67. The molecule has 1 fully saturated rings. The van der Waals surface area contributed by atoms with Gasteiger partial charge in [0.05, 0.1) is 12.0 Å². The molecule has 0 radical (unpaired) electrons. The van der Waals surface area contributed by atoms with Crippen molar-refractivity contribution in [2.75, 3.05) is 37.6 Å². The second kappa shape index (κ2) is 11.1. The SMILES string of the molecule is CC[C@H](C)N(CC(=O)N1CCCN(c2ccc(-c3ccc(F)cc3)nn2)CC1)C(=O)c1ccco1. The lowest BCUT2D eigenvalue weighted by Gasteiger charge is -2.30. The molecule has 0 saturated carbocycles. The topological polar surface area (TPSA) is 82.8 Å². The van der Waals surface area contributed by atoms with Crippen LogP contribution in [-0.4, -0.2) is 70.6 Å². The Balaban J connectivity index is 1.38. The van der Waals surface area contributed by atoms with Gasteiger partial charge in [0.15, 0.2) is 11.6 Å². The molecule has 1 aliphatic rings. The van der Waals surface area contributed by atoms with Crippen molar-refractivity contribution in [2.45, 2.75) is 32.7 Å². The van der Waals surface area contributed by atoms with Crippen LogP contribution < -0.4 is 4.90 Å². The van der Waals surface area contributed by atoms with Crippen molar-refractivity contribution in [1.82, 2.24) is 20.0 Å². The van der Waals surface area contributed by atoms with E-state index in [-0.39, 0.29) is 36.0 Å². The van der Waals surface area contributed by atoms with Gasteiger partial charge in [0.1, 0.15) is 12.4 Å². The fraction of sp³-hybridized carbons (Fsp3) is 0.385. The number of amides is 2. The van der Waals surface area contributed by atoms with E-state index in [4.69, 9.17) is 4.42 Å². The van der Waals surface area contributed by atoms with Gasteiger partial charge in [-0.05, 0) is 68.3 Å². The smallest absolute Gasteiger partial charge is 0.290 e. The van der Waals surface area contributed by atoms with E-state index in [0.29, 0.717) is 25.3 Å². The third-order valence-corrected chi connectivity index (χ3v) is 6.38. The van der Waals surface area contributed by atoms with Crippen LogP contribution >= 0.6 is 0 Å². The van der Waals surface area contributed by atoms with E-state index in [0.717, 1.165) is 30.8 Å². The molecule has 0 N–H and O–H groups in total. The average molecular weight is 480 g/mol. The van der Waals surface area contributed by atoms with E-state index in [1.165, 1.54) is 18.4 Å². The second-order valence-electron chi connectivity index (χ2n) is 8.67. The first-order valence-corrected chi connectivity index (χ1v) is 11.9. The Bertz CT molecular complexity index is 1120. The molecule has 1 atom stereocenters. The Hall–Kier alpha value is -3.75. The normalized spacial score (nSPS) is 14.9. The quantitative estimate of drug-likeness (QED) is 0.512. The van der Waals surface area contributed by atoms with E-state index in [9.17, 15) is 14.0 Å². The molecule has 0 unspecified atom stereocenters. The van der Waals surface area contributed by atoms with Gasteiger partial charge in [0, 0.05) is 37.8 Å². The zero-order valence-corrected chi connectivity index (χ0v) is 20.1. The van der Waals surface area contributed by atoms with Gasteiger partial charge in [0.25, 0.3) is 5.91 Å². The van der Waals surface area contributed by atoms with Gasteiger partial charge in [-0.3, -0.25) is 9.59 Å². The molecular weight excluding hydrogens is 449 g/mol. The lowest BCUT2D eigenvalue weighted by molar-refractivity contribution is -0.132. The van der Waals surface area contributed by atoms with E-state index in [2.05, 4.69) is 15.1 Å². The van der Waals surface area contributed by atoms with Crippen molar-refractivity contribution in [2.24, 2.45) is 0 Å². The number of benzene rings is 1. The molecule has 3 aromatic rings. The number of carbonyl (C=O) groups is 2. The van der Waals surface area contributed by atoms with Crippen LogP contribution in [0.15, 0.2) is 59.2 Å². The molecule has 0 spiro atoms. The van der Waals surface area contributed by atoms with Crippen LogP contribution in [0.2, 0.25) is 0 Å². The summed E-state index contributed by atoms with van der Waals surface area (Å²) in [4.78, 5) is 31.6. The summed E-state index contributed by atoms with van der Waals surface area (Å²) in [6.45, 7) is 6.45. The van der Waals surface area contributed by atoms with Gasteiger partial charge in [0.2, 0.25) is 5.91 Å². The molecule has 35 heavy (non-hydrogen) atoms. The Morgan fingerprint density at radius 1 is 1.06 bits per heavy atom. The number of rotatable bonds is 7. The summed E-state index contributed by atoms with van der Waals surface area (Å²) in [6, 6.07) is 13.1. The first-order valence-electron chi connectivity index (χ1n) is 11.9. The molecule has 3 heterocycles. The molecule has 1 saturated heterocycles. The number of aromatic nitrogens is 2. The zero-order chi connectivity index (χ0) is 24.8. The molecule has 9 heteroatoms. The number of halogens is 1.